The Morgan fingerprint density at radius 2 is 2.08 bits per heavy atom. The van der Waals surface area contributed by atoms with E-state index in [0.29, 0.717) is 30.4 Å². The molecule has 2 aliphatic heterocycles. The molecule has 2 aliphatic rings. The van der Waals surface area contributed by atoms with Crippen LogP contribution in [0.4, 0.5) is 4.39 Å². The number of hydrogen-bond acceptors (Lipinski definition) is 4. The molecule has 0 bridgehead atoms. The monoisotopic (exact) mass is 330 g/mol. The molecule has 2 saturated heterocycles. The fourth-order valence-corrected chi connectivity index (χ4v) is 3.49. The molecule has 0 N–H and O–H groups in total. The number of benzene rings is 1. The van der Waals surface area contributed by atoms with E-state index in [4.69, 9.17) is 4.74 Å². The maximum Gasteiger partial charge on any atom is 0.276 e. The minimum atomic E-state index is -0.320. The minimum Gasteiger partial charge on any atom is -0.378 e. The van der Waals surface area contributed by atoms with E-state index in [1.807, 2.05) is 4.90 Å². The molecule has 1 aromatic carbocycles. The zero-order valence-electron chi connectivity index (χ0n) is 13.3. The molecular formula is C17H19FN4O2. The Morgan fingerprint density at radius 3 is 2.92 bits per heavy atom. The highest BCUT2D eigenvalue weighted by molar-refractivity contribution is 5.92. The molecule has 2 fully saturated rings. The number of carbonyl (C=O) groups excluding carboxylic acids is 1. The third-order valence-corrected chi connectivity index (χ3v) is 4.77. The van der Waals surface area contributed by atoms with E-state index in [-0.39, 0.29) is 17.8 Å². The smallest absolute Gasteiger partial charge is 0.276 e. The highest BCUT2D eigenvalue weighted by atomic mass is 19.1. The zero-order valence-corrected chi connectivity index (χ0v) is 13.3. The lowest BCUT2D eigenvalue weighted by molar-refractivity contribution is -0.0607. The molecule has 7 heteroatoms. The number of aromatic nitrogens is 3. The standard InChI is InChI=1S/C17H19FN4O2/c18-13-3-5-14(6-4-13)22-19-10-15(20-22)17(23)21-8-7-16-12(11-21)2-1-9-24-16/h3-6,10,12,16H,1-2,7-9,11H2/t12-,16-/m1/s1. The van der Waals surface area contributed by atoms with Crippen molar-refractivity contribution in [3.05, 3.63) is 42.0 Å². The predicted molar refractivity (Wildman–Crippen MR) is 84.3 cm³/mol. The van der Waals surface area contributed by atoms with Crippen molar-refractivity contribution in [3.63, 3.8) is 0 Å². The Labute approximate surface area is 139 Å². The van der Waals surface area contributed by atoms with E-state index < -0.39 is 0 Å². The van der Waals surface area contributed by atoms with Crippen molar-refractivity contribution in [2.45, 2.75) is 25.4 Å². The Kier molecular flexibility index (Phi) is 4.02. The van der Waals surface area contributed by atoms with Crippen LogP contribution in [0, 0.1) is 11.7 Å². The summed E-state index contributed by atoms with van der Waals surface area (Å²) in [5.74, 6) is -0.00393. The van der Waals surface area contributed by atoms with Crippen LogP contribution in [0.25, 0.3) is 5.69 Å². The third-order valence-electron chi connectivity index (χ3n) is 4.77. The zero-order chi connectivity index (χ0) is 16.5. The summed E-state index contributed by atoms with van der Waals surface area (Å²) in [5.41, 5.74) is 0.935. The van der Waals surface area contributed by atoms with Gasteiger partial charge >= 0.3 is 0 Å². The van der Waals surface area contributed by atoms with E-state index in [1.165, 1.54) is 23.1 Å². The van der Waals surface area contributed by atoms with Gasteiger partial charge in [0.1, 0.15) is 5.82 Å². The lowest BCUT2D eigenvalue weighted by Crippen LogP contribution is -2.48. The van der Waals surface area contributed by atoms with Crippen molar-refractivity contribution >= 4 is 5.91 Å². The molecule has 0 spiro atoms. The Hall–Kier alpha value is -2.28. The fraction of sp³-hybridized carbons (Fsp3) is 0.471. The lowest BCUT2D eigenvalue weighted by Gasteiger charge is -2.40. The summed E-state index contributed by atoms with van der Waals surface area (Å²) in [6.45, 7) is 2.23. The van der Waals surface area contributed by atoms with Crippen molar-refractivity contribution < 1.29 is 13.9 Å². The molecule has 6 nitrogen and oxygen atoms in total. The van der Waals surface area contributed by atoms with Gasteiger partial charge in [0.05, 0.1) is 18.0 Å². The van der Waals surface area contributed by atoms with Crippen LogP contribution in [0.1, 0.15) is 29.8 Å². The van der Waals surface area contributed by atoms with Crippen LogP contribution in [0.3, 0.4) is 0 Å². The molecule has 0 unspecified atom stereocenters. The van der Waals surface area contributed by atoms with Crippen molar-refractivity contribution in [2.75, 3.05) is 19.7 Å². The normalized spacial score (nSPS) is 23.8. The van der Waals surface area contributed by atoms with Gasteiger partial charge in [0.2, 0.25) is 0 Å². The van der Waals surface area contributed by atoms with Gasteiger partial charge in [-0.1, -0.05) is 0 Å². The summed E-state index contributed by atoms with van der Waals surface area (Å²) in [6, 6.07) is 5.84. The Balaban J connectivity index is 1.48. The number of halogens is 1. The second-order valence-corrected chi connectivity index (χ2v) is 6.35. The molecule has 0 radical (unpaired) electrons. The second kappa shape index (κ2) is 6.32. The van der Waals surface area contributed by atoms with Crippen LogP contribution in [0.15, 0.2) is 30.5 Å². The number of carbonyl (C=O) groups is 1. The molecule has 24 heavy (non-hydrogen) atoms. The summed E-state index contributed by atoms with van der Waals surface area (Å²) in [7, 11) is 0. The Morgan fingerprint density at radius 1 is 1.25 bits per heavy atom. The van der Waals surface area contributed by atoms with Gasteiger partial charge in [0.15, 0.2) is 5.69 Å². The average molecular weight is 330 g/mol. The molecule has 2 atom stereocenters. The number of fused-ring (bicyclic) bond motifs is 1. The number of likely N-dealkylation sites (tertiary alicyclic amines) is 1. The van der Waals surface area contributed by atoms with Crippen LogP contribution in [0.2, 0.25) is 0 Å². The highest BCUT2D eigenvalue weighted by Gasteiger charge is 2.34. The first-order valence-electron chi connectivity index (χ1n) is 8.30. The summed E-state index contributed by atoms with van der Waals surface area (Å²) in [6.07, 6.45) is 4.80. The molecule has 4 rings (SSSR count). The molecule has 2 aromatic rings. The van der Waals surface area contributed by atoms with Gasteiger partial charge in [0.25, 0.3) is 5.91 Å². The number of hydrogen-bond donors (Lipinski definition) is 0. The number of nitrogens with zero attached hydrogens (tertiary/aromatic N) is 4. The minimum absolute atomic E-state index is 0.104. The third kappa shape index (κ3) is 2.91. The molecule has 126 valence electrons. The summed E-state index contributed by atoms with van der Waals surface area (Å²) in [4.78, 5) is 15.9. The van der Waals surface area contributed by atoms with Crippen LogP contribution in [-0.2, 0) is 4.74 Å². The topological polar surface area (TPSA) is 60.2 Å². The van der Waals surface area contributed by atoms with E-state index in [1.54, 1.807) is 12.1 Å². The Bertz CT molecular complexity index is 730. The molecule has 0 aliphatic carbocycles. The van der Waals surface area contributed by atoms with Crippen molar-refractivity contribution in [2.24, 2.45) is 5.92 Å². The van der Waals surface area contributed by atoms with E-state index in [0.717, 1.165) is 25.9 Å². The van der Waals surface area contributed by atoms with Gasteiger partial charge in [0, 0.05) is 25.6 Å². The van der Waals surface area contributed by atoms with E-state index in [2.05, 4.69) is 10.2 Å². The first kappa shape index (κ1) is 15.3. The van der Waals surface area contributed by atoms with Crippen molar-refractivity contribution in [1.29, 1.82) is 0 Å². The van der Waals surface area contributed by atoms with E-state index in [9.17, 15) is 9.18 Å². The maximum absolute atomic E-state index is 13.0. The fourth-order valence-electron chi connectivity index (χ4n) is 3.49. The van der Waals surface area contributed by atoms with E-state index >= 15 is 0 Å². The SMILES string of the molecule is O=C(c1cnn(-c2ccc(F)cc2)n1)N1CC[C@H]2OCCC[C@@H]2C1. The quantitative estimate of drug-likeness (QED) is 0.845. The van der Waals surface area contributed by atoms with Crippen LogP contribution < -0.4 is 0 Å². The number of ether oxygens (including phenoxy) is 1. The second-order valence-electron chi connectivity index (χ2n) is 6.35. The summed E-state index contributed by atoms with van der Waals surface area (Å²) in [5, 5.41) is 8.37. The number of amides is 1. The number of rotatable bonds is 2. The molecular weight excluding hydrogens is 311 g/mol. The molecule has 3 heterocycles. The van der Waals surface area contributed by atoms with Crippen molar-refractivity contribution in [1.82, 2.24) is 19.9 Å². The predicted octanol–water partition coefficient (Wildman–Crippen LogP) is 2.05. The van der Waals surface area contributed by atoms with Gasteiger partial charge in [-0.25, -0.2) is 4.39 Å². The number of piperidine rings is 1. The van der Waals surface area contributed by atoms with Gasteiger partial charge in [-0.05, 0) is 43.5 Å². The van der Waals surface area contributed by atoms with Gasteiger partial charge in [-0.3, -0.25) is 4.79 Å². The average Bonchev–Trinajstić information content (AvgIpc) is 3.11. The molecule has 0 saturated carbocycles. The van der Waals surface area contributed by atoms with Crippen LogP contribution in [0.5, 0.6) is 0 Å². The van der Waals surface area contributed by atoms with Crippen LogP contribution in [-0.4, -0.2) is 51.6 Å². The summed E-state index contributed by atoms with van der Waals surface area (Å²) >= 11 is 0. The van der Waals surface area contributed by atoms with Crippen LogP contribution >= 0.6 is 0 Å². The lowest BCUT2D eigenvalue weighted by atomic mass is 9.88. The highest BCUT2D eigenvalue weighted by Crippen LogP contribution is 2.28. The van der Waals surface area contributed by atoms with Gasteiger partial charge in [-0.15, -0.1) is 5.10 Å². The summed E-state index contributed by atoms with van der Waals surface area (Å²) < 4.78 is 18.8. The first-order chi connectivity index (χ1) is 11.7. The van der Waals surface area contributed by atoms with Crippen molar-refractivity contribution in [3.8, 4) is 5.69 Å². The first-order valence-corrected chi connectivity index (χ1v) is 8.30. The maximum atomic E-state index is 13.0. The van der Waals surface area contributed by atoms with Gasteiger partial charge < -0.3 is 9.64 Å². The molecule has 1 amide bonds. The largest absolute Gasteiger partial charge is 0.378 e. The molecule has 1 aromatic heterocycles. The van der Waals surface area contributed by atoms with Gasteiger partial charge in [-0.2, -0.15) is 9.90 Å².